The highest BCUT2D eigenvalue weighted by Gasteiger charge is 2.35. The number of nitrogens with zero attached hydrogens (tertiary/aromatic N) is 1. The fourth-order valence-electron chi connectivity index (χ4n) is 6.81. The van der Waals surface area contributed by atoms with Gasteiger partial charge in [0.2, 0.25) is 0 Å². The van der Waals surface area contributed by atoms with Crippen molar-refractivity contribution in [2.45, 2.75) is 19.3 Å². The van der Waals surface area contributed by atoms with Gasteiger partial charge in [-0.2, -0.15) is 0 Å². The fraction of sp³-hybridized carbons (Fsp3) is 0.0769. The molecule has 0 saturated carbocycles. The van der Waals surface area contributed by atoms with Crippen molar-refractivity contribution in [1.29, 1.82) is 0 Å². The smallest absolute Gasteiger partial charge is 0.0547 e. The van der Waals surface area contributed by atoms with Crippen LogP contribution in [0.5, 0.6) is 0 Å². The third-order valence-corrected chi connectivity index (χ3v) is 9.35. The molecule has 0 amide bonds. The summed E-state index contributed by atoms with van der Waals surface area (Å²) in [7, 11) is 0. The van der Waals surface area contributed by atoms with Gasteiger partial charge in [0.1, 0.15) is 0 Å². The van der Waals surface area contributed by atoms with E-state index in [1.165, 1.54) is 72.0 Å². The predicted octanol–water partition coefficient (Wildman–Crippen LogP) is 11.2. The summed E-state index contributed by atoms with van der Waals surface area (Å²) in [5.74, 6) is 0. The Morgan fingerprint density at radius 2 is 1.15 bits per heavy atom. The molecule has 7 aromatic rings. The molecule has 0 atom stereocenters. The van der Waals surface area contributed by atoms with E-state index in [4.69, 9.17) is 0 Å². The average molecular weight is 591 g/mol. The highest BCUT2D eigenvalue weighted by Crippen LogP contribution is 2.49. The van der Waals surface area contributed by atoms with Crippen LogP contribution in [0, 0.1) is 0 Å². The highest BCUT2D eigenvalue weighted by atomic mass is 79.9. The van der Waals surface area contributed by atoms with E-state index >= 15 is 0 Å². The van der Waals surface area contributed by atoms with Gasteiger partial charge in [-0.05, 0) is 87.0 Å². The van der Waals surface area contributed by atoms with Gasteiger partial charge in [0.05, 0.1) is 11.0 Å². The molecule has 1 aliphatic carbocycles. The Bertz CT molecular complexity index is 2150. The lowest BCUT2D eigenvalue weighted by molar-refractivity contribution is 0.660. The number of hydrogen-bond donors (Lipinski definition) is 0. The number of halogens is 1. The van der Waals surface area contributed by atoms with E-state index in [-0.39, 0.29) is 5.41 Å². The van der Waals surface area contributed by atoms with Crippen LogP contribution in [-0.4, -0.2) is 4.57 Å². The van der Waals surface area contributed by atoms with E-state index in [0.717, 1.165) is 4.47 Å². The standard InChI is InChI=1S/C39H28BrN/c1-39(2)35-15-5-3-13-31(35)32-20-18-30(24-36(32)39)41-37-16-6-4-14-33(37)34-19-17-28(23-38(34)41)26-10-7-9-25(21-26)27-11-8-12-29(40)22-27/h3-24H,1-2H3. The third kappa shape index (κ3) is 3.74. The number of benzene rings is 6. The minimum atomic E-state index is -0.0429. The first-order chi connectivity index (χ1) is 20.0. The molecule has 196 valence electrons. The molecule has 1 nitrogen and oxygen atoms in total. The Kier molecular flexibility index (Phi) is 5.39. The maximum Gasteiger partial charge on any atom is 0.0547 e. The zero-order valence-electron chi connectivity index (χ0n) is 23.0. The zero-order valence-corrected chi connectivity index (χ0v) is 24.6. The number of rotatable bonds is 3. The van der Waals surface area contributed by atoms with Crippen molar-refractivity contribution in [3.63, 3.8) is 0 Å². The Morgan fingerprint density at radius 1 is 0.488 bits per heavy atom. The number of hydrogen-bond acceptors (Lipinski definition) is 0. The molecule has 0 fully saturated rings. The first-order valence-corrected chi connectivity index (χ1v) is 14.9. The molecular formula is C39H28BrN. The summed E-state index contributed by atoms with van der Waals surface area (Å²) < 4.78 is 3.54. The van der Waals surface area contributed by atoms with E-state index in [0.29, 0.717) is 0 Å². The molecule has 2 heteroatoms. The first-order valence-electron chi connectivity index (χ1n) is 14.1. The fourth-order valence-corrected chi connectivity index (χ4v) is 7.21. The molecule has 1 aromatic heterocycles. The number of fused-ring (bicyclic) bond motifs is 6. The maximum atomic E-state index is 3.63. The quantitative estimate of drug-likeness (QED) is 0.193. The predicted molar refractivity (Wildman–Crippen MR) is 177 cm³/mol. The summed E-state index contributed by atoms with van der Waals surface area (Å²) >= 11 is 3.63. The lowest BCUT2D eigenvalue weighted by atomic mass is 9.82. The summed E-state index contributed by atoms with van der Waals surface area (Å²) in [4.78, 5) is 0. The van der Waals surface area contributed by atoms with Gasteiger partial charge >= 0.3 is 0 Å². The molecule has 1 heterocycles. The molecule has 0 radical (unpaired) electrons. The lowest BCUT2D eigenvalue weighted by Gasteiger charge is -2.22. The molecule has 0 saturated heterocycles. The third-order valence-electron chi connectivity index (χ3n) is 8.85. The largest absolute Gasteiger partial charge is 0.309 e. The summed E-state index contributed by atoms with van der Waals surface area (Å²) in [6, 6.07) is 48.9. The Hall–Kier alpha value is -4.40. The van der Waals surface area contributed by atoms with Gasteiger partial charge in [-0.15, -0.1) is 0 Å². The van der Waals surface area contributed by atoms with Gasteiger partial charge in [0.25, 0.3) is 0 Å². The van der Waals surface area contributed by atoms with E-state index in [2.05, 4.69) is 168 Å². The van der Waals surface area contributed by atoms with Gasteiger partial charge in [-0.3, -0.25) is 0 Å². The van der Waals surface area contributed by atoms with E-state index in [9.17, 15) is 0 Å². The highest BCUT2D eigenvalue weighted by molar-refractivity contribution is 9.10. The van der Waals surface area contributed by atoms with Crippen LogP contribution in [0.1, 0.15) is 25.0 Å². The van der Waals surface area contributed by atoms with Gasteiger partial charge in [-0.25, -0.2) is 0 Å². The second kappa shape index (κ2) is 9.06. The van der Waals surface area contributed by atoms with Crippen LogP contribution in [0.4, 0.5) is 0 Å². The van der Waals surface area contributed by atoms with Gasteiger partial charge in [0.15, 0.2) is 0 Å². The lowest BCUT2D eigenvalue weighted by Crippen LogP contribution is -2.15. The molecule has 1 aliphatic rings. The second-order valence-corrected chi connectivity index (χ2v) is 12.5. The van der Waals surface area contributed by atoms with Crippen LogP contribution < -0.4 is 0 Å². The average Bonchev–Trinajstić information content (AvgIpc) is 3.45. The molecule has 0 unspecified atom stereocenters. The molecule has 6 aromatic carbocycles. The van der Waals surface area contributed by atoms with Crippen molar-refractivity contribution in [1.82, 2.24) is 4.57 Å². The first kappa shape index (κ1) is 24.4. The van der Waals surface area contributed by atoms with E-state index in [1.807, 2.05) is 0 Å². The Balaban J connectivity index is 1.33. The minimum absolute atomic E-state index is 0.0429. The van der Waals surface area contributed by atoms with Crippen LogP contribution in [0.3, 0.4) is 0 Å². The van der Waals surface area contributed by atoms with Crippen molar-refractivity contribution >= 4 is 37.7 Å². The van der Waals surface area contributed by atoms with Crippen LogP contribution in [0.25, 0.3) is 60.9 Å². The van der Waals surface area contributed by atoms with Crippen molar-refractivity contribution in [2.75, 3.05) is 0 Å². The van der Waals surface area contributed by atoms with Gasteiger partial charge in [0, 0.05) is 26.3 Å². The molecule has 0 bridgehead atoms. The summed E-state index contributed by atoms with van der Waals surface area (Å²) in [5.41, 5.74) is 14.0. The molecule has 0 spiro atoms. The normalized spacial score (nSPS) is 13.4. The van der Waals surface area contributed by atoms with Crippen molar-refractivity contribution in [2.24, 2.45) is 0 Å². The molecular weight excluding hydrogens is 562 g/mol. The molecule has 0 N–H and O–H groups in total. The van der Waals surface area contributed by atoms with E-state index < -0.39 is 0 Å². The molecule has 0 aliphatic heterocycles. The topological polar surface area (TPSA) is 4.93 Å². The van der Waals surface area contributed by atoms with Crippen LogP contribution >= 0.6 is 15.9 Å². The summed E-state index contributed by atoms with van der Waals surface area (Å²) in [6.07, 6.45) is 0. The monoisotopic (exact) mass is 589 g/mol. The van der Waals surface area contributed by atoms with Crippen molar-refractivity contribution in [3.05, 3.63) is 149 Å². The van der Waals surface area contributed by atoms with Gasteiger partial charge in [-0.1, -0.05) is 121 Å². The Morgan fingerprint density at radius 3 is 1.98 bits per heavy atom. The van der Waals surface area contributed by atoms with Gasteiger partial charge < -0.3 is 4.57 Å². The Labute approximate surface area is 248 Å². The zero-order chi connectivity index (χ0) is 27.7. The molecule has 8 rings (SSSR count). The van der Waals surface area contributed by atoms with Crippen LogP contribution in [-0.2, 0) is 5.41 Å². The van der Waals surface area contributed by atoms with Crippen LogP contribution in [0.2, 0.25) is 0 Å². The second-order valence-electron chi connectivity index (χ2n) is 11.6. The number of para-hydroxylation sites is 1. The summed E-state index contributed by atoms with van der Waals surface area (Å²) in [5, 5.41) is 2.55. The minimum Gasteiger partial charge on any atom is -0.309 e. The number of aromatic nitrogens is 1. The summed E-state index contributed by atoms with van der Waals surface area (Å²) in [6.45, 7) is 4.70. The van der Waals surface area contributed by atoms with E-state index in [1.54, 1.807) is 0 Å². The SMILES string of the molecule is CC1(C)c2ccccc2-c2ccc(-n3c4ccccc4c4ccc(-c5cccc(-c6cccc(Br)c6)c5)cc43)cc21. The maximum absolute atomic E-state index is 3.63. The molecule has 41 heavy (non-hydrogen) atoms. The van der Waals surface area contributed by atoms with Crippen molar-refractivity contribution in [3.8, 4) is 39.1 Å². The van der Waals surface area contributed by atoms with Crippen LogP contribution in [0.15, 0.2) is 138 Å². The van der Waals surface area contributed by atoms with Crippen molar-refractivity contribution < 1.29 is 0 Å².